The first-order valence-electron chi connectivity index (χ1n) is 4.38. The Morgan fingerprint density at radius 1 is 1.38 bits per heavy atom. The standard InChI is InChI=1S/C10H9Cl4NO/c1-10(14,5-11)9(16)15-6-2-3-7(12)8(13)4-6/h2-4H,5H2,1H3,(H,15,16). The first-order valence-corrected chi connectivity index (χ1v) is 6.05. The smallest absolute Gasteiger partial charge is 0.246 e. The van der Waals surface area contributed by atoms with Gasteiger partial charge < -0.3 is 5.32 Å². The number of nitrogens with one attached hydrogen (secondary N) is 1. The average Bonchev–Trinajstić information content (AvgIpc) is 2.23. The number of carbonyl (C=O) groups excluding carboxylic acids is 1. The molecule has 1 unspecified atom stereocenters. The van der Waals surface area contributed by atoms with Crippen molar-refractivity contribution < 1.29 is 4.79 Å². The maximum atomic E-state index is 11.7. The van der Waals surface area contributed by atoms with Crippen molar-refractivity contribution in [2.45, 2.75) is 11.8 Å². The number of alkyl halides is 2. The van der Waals surface area contributed by atoms with Crippen LogP contribution in [0.25, 0.3) is 0 Å². The normalized spacial score (nSPS) is 14.3. The van der Waals surface area contributed by atoms with Crippen molar-refractivity contribution in [3.05, 3.63) is 28.2 Å². The Labute approximate surface area is 114 Å². The third-order valence-corrected chi connectivity index (χ3v) is 3.62. The van der Waals surface area contributed by atoms with Crippen LogP contribution in [0.4, 0.5) is 5.69 Å². The Kier molecular flexibility index (Phi) is 4.74. The highest BCUT2D eigenvalue weighted by atomic mass is 35.5. The van der Waals surface area contributed by atoms with Crippen LogP contribution in [0, 0.1) is 0 Å². The number of hydrogen-bond acceptors (Lipinski definition) is 1. The topological polar surface area (TPSA) is 29.1 Å². The third kappa shape index (κ3) is 3.42. The van der Waals surface area contributed by atoms with Gasteiger partial charge in [-0.25, -0.2) is 0 Å². The molecule has 0 heterocycles. The fourth-order valence-corrected chi connectivity index (χ4v) is 1.36. The molecular formula is C10H9Cl4NO. The van der Waals surface area contributed by atoms with Crippen LogP contribution in [0.2, 0.25) is 10.0 Å². The molecule has 0 saturated heterocycles. The number of anilines is 1. The van der Waals surface area contributed by atoms with Crippen LogP contribution in [-0.4, -0.2) is 16.7 Å². The van der Waals surface area contributed by atoms with E-state index in [2.05, 4.69) is 5.32 Å². The first-order chi connectivity index (χ1) is 7.36. The minimum Gasteiger partial charge on any atom is -0.324 e. The molecule has 0 saturated carbocycles. The maximum Gasteiger partial charge on any atom is 0.246 e. The quantitative estimate of drug-likeness (QED) is 0.834. The van der Waals surface area contributed by atoms with E-state index in [1.807, 2.05) is 0 Å². The number of hydrogen-bond donors (Lipinski definition) is 1. The lowest BCUT2D eigenvalue weighted by atomic mass is 10.2. The highest BCUT2D eigenvalue weighted by molar-refractivity contribution is 6.42. The summed E-state index contributed by atoms with van der Waals surface area (Å²) in [5.41, 5.74) is 0.524. The summed E-state index contributed by atoms with van der Waals surface area (Å²) in [4.78, 5) is 10.5. The second kappa shape index (κ2) is 5.46. The Morgan fingerprint density at radius 2 is 2.00 bits per heavy atom. The Bertz CT molecular complexity index is 406. The van der Waals surface area contributed by atoms with Crippen LogP contribution < -0.4 is 5.32 Å². The van der Waals surface area contributed by atoms with E-state index in [1.54, 1.807) is 18.2 Å². The van der Waals surface area contributed by atoms with Gasteiger partial charge in [-0.05, 0) is 25.1 Å². The van der Waals surface area contributed by atoms with Crippen molar-refractivity contribution in [3.63, 3.8) is 0 Å². The van der Waals surface area contributed by atoms with E-state index < -0.39 is 4.87 Å². The monoisotopic (exact) mass is 299 g/mol. The van der Waals surface area contributed by atoms with Gasteiger partial charge in [-0.15, -0.1) is 23.2 Å². The van der Waals surface area contributed by atoms with Crippen molar-refractivity contribution in [2.75, 3.05) is 11.2 Å². The van der Waals surface area contributed by atoms with Crippen molar-refractivity contribution in [1.82, 2.24) is 0 Å². The van der Waals surface area contributed by atoms with Crippen molar-refractivity contribution in [2.24, 2.45) is 0 Å². The lowest BCUT2D eigenvalue weighted by Crippen LogP contribution is -2.36. The van der Waals surface area contributed by atoms with E-state index >= 15 is 0 Å². The van der Waals surface area contributed by atoms with Gasteiger partial charge in [0.15, 0.2) is 0 Å². The predicted octanol–water partition coefficient (Wildman–Crippen LogP) is 4.17. The minimum absolute atomic E-state index is 0.0156. The SMILES string of the molecule is CC(Cl)(CCl)C(=O)Nc1ccc(Cl)c(Cl)c1. The van der Waals surface area contributed by atoms with E-state index in [1.165, 1.54) is 6.92 Å². The summed E-state index contributed by atoms with van der Waals surface area (Å²) in [5, 5.41) is 3.39. The molecular weight excluding hydrogens is 292 g/mol. The van der Waals surface area contributed by atoms with Gasteiger partial charge in [0.2, 0.25) is 5.91 Å². The summed E-state index contributed by atoms with van der Waals surface area (Å²) < 4.78 is 0. The maximum absolute atomic E-state index is 11.7. The van der Waals surface area contributed by atoms with Gasteiger partial charge in [0.25, 0.3) is 0 Å². The zero-order valence-electron chi connectivity index (χ0n) is 8.36. The molecule has 0 bridgehead atoms. The van der Waals surface area contributed by atoms with Crippen molar-refractivity contribution in [3.8, 4) is 0 Å². The summed E-state index contributed by atoms with van der Waals surface area (Å²) >= 11 is 23.0. The van der Waals surface area contributed by atoms with Crippen molar-refractivity contribution in [1.29, 1.82) is 0 Å². The molecule has 1 rings (SSSR count). The molecule has 1 amide bonds. The van der Waals surface area contributed by atoms with Crippen LogP contribution in [0.5, 0.6) is 0 Å². The van der Waals surface area contributed by atoms with Crippen LogP contribution in [0.15, 0.2) is 18.2 Å². The summed E-state index contributed by atoms with van der Waals surface area (Å²) in [6.45, 7) is 1.54. The molecule has 16 heavy (non-hydrogen) atoms. The molecule has 0 aliphatic heterocycles. The second-order valence-corrected chi connectivity index (χ2v) is 5.33. The van der Waals surface area contributed by atoms with Gasteiger partial charge in [0, 0.05) is 5.69 Å². The van der Waals surface area contributed by atoms with E-state index in [4.69, 9.17) is 46.4 Å². The molecule has 0 fully saturated rings. The molecule has 2 nitrogen and oxygen atoms in total. The van der Waals surface area contributed by atoms with Crippen LogP contribution in [-0.2, 0) is 4.79 Å². The van der Waals surface area contributed by atoms with E-state index in [0.29, 0.717) is 15.7 Å². The van der Waals surface area contributed by atoms with Gasteiger partial charge in [-0.3, -0.25) is 4.79 Å². The lowest BCUT2D eigenvalue weighted by Gasteiger charge is -2.18. The highest BCUT2D eigenvalue weighted by Crippen LogP contribution is 2.26. The molecule has 88 valence electrons. The number of halogens is 4. The van der Waals surface area contributed by atoms with Gasteiger partial charge >= 0.3 is 0 Å². The molecule has 0 aliphatic carbocycles. The molecule has 1 N–H and O–H groups in total. The van der Waals surface area contributed by atoms with E-state index in [-0.39, 0.29) is 11.8 Å². The molecule has 0 aromatic heterocycles. The molecule has 1 atom stereocenters. The first kappa shape index (κ1) is 13.9. The van der Waals surface area contributed by atoms with Crippen LogP contribution in [0.1, 0.15) is 6.92 Å². The van der Waals surface area contributed by atoms with E-state index in [0.717, 1.165) is 0 Å². The lowest BCUT2D eigenvalue weighted by molar-refractivity contribution is -0.117. The number of carbonyl (C=O) groups is 1. The minimum atomic E-state index is -1.15. The molecule has 0 spiro atoms. The Hall–Kier alpha value is -0.150. The molecule has 0 aliphatic rings. The number of benzene rings is 1. The summed E-state index contributed by atoms with van der Waals surface area (Å²) in [6, 6.07) is 4.77. The summed E-state index contributed by atoms with van der Waals surface area (Å²) in [5.74, 6) is -0.371. The fraction of sp³-hybridized carbons (Fsp3) is 0.300. The average molecular weight is 301 g/mol. The summed E-state index contributed by atoms with van der Waals surface area (Å²) in [7, 11) is 0. The van der Waals surface area contributed by atoms with Gasteiger partial charge in [0.1, 0.15) is 4.87 Å². The van der Waals surface area contributed by atoms with Gasteiger partial charge in [0.05, 0.1) is 15.9 Å². The zero-order valence-corrected chi connectivity index (χ0v) is 11.4. The largest absolute Gasteiger partial charge is 0.324 e. The Morgan fingerprint density at radius 3 is 2.50 bits per heavy atom. The molecule has 1 aromatic carbocycles. The van der Waals surface area contributed by atoms with Crippen LogP contribution >= 0.6 is 46.4 Å². The molecule has 0 radical (unpaired) electrons. The second-order valence-electron chi connectivity index (χ2n) is 3.41. The zero-order chi connectivity index (χ0) is 12.3. The van der Waals surface area contributed by atoms with Crippen LogP contribution in [0.3, 0.4) is 0 Å². The fourth-order valence-electron chi connectivity index (χ4n) is 0.896. The van der Waals surface area contributed by atoms with E-state index in [9.17, 15) is 4.79 Å². The Balaban J connectivity index is 2.82. The molecule has 6 heteroatoms. The van der Waals surface area contributed by atoms with Gasteiger partial charge in [-0.1, -0.05) is 23.2 Å². The van der Waals surface area contributed by atoms with Gasteiger partial charge in [-0.2, -0.15) is 0 Å². The highest BCUT2D eigenvalue weighted by Gasteiger charge is 2.29. The summed E-state index contributed by atoms with van der Waals surface area (Å²) in [6.07, 6.45) is 0. The third-order valence-electron chi connectivity index (χ3n) is 1.90. The number of amides is 1. The van der Waals surface area contributed by atoms with Crippen molar-refractivity contribution >= 4 is 58.0 Å². The molecule has 1 aromatic rings. The number of rotatable bonds is 3. The predicted molar refractivity (Wildman–Crippen MR) is 70.1 cm³/mol.